The number of carbonyl (C=O) groups excluding carboxylic acids is 1. The number of aliphatic imine (C=N–C) groups is 1. The number of fused-ring (bicyclic) bond motifs is 1. The molecule has 1 heterocycles. The molecule has 2 aromatic carbocycles. The molecule has 1 aromatic heterocycles. The highest BCUT2D eigenvalue weighted by Crippen LogP contribution is 2.21. The number of hydrogen-bond donors (Lipinski definition) is 1. The van der Waals surface area contributed by atoms with Gasteiger partial charge in [-0.25, -0.2) is 0 Å². The van der Waals surface area contributed by atoms with Crippen LogP contribution in [0.3, 0.4) is 0 Å². The molecule has 22 heavy (non-hydrogen) atoms. The molecule has 4 heteroatoms. The predicted octanol–water partition coefficient (Wildman–Crippen LogP) is 3.19. The minimum absolute atomic E-state index is 0.166. The molecule has 0 fully saturated rings. The third kappa shape index (κ3) is 2.91. The van der Waals surface area contributed by atoms with Gasteiger partial charge in [-0.15, -0.1) is 0 Å². The fourth-order valence-corrected chi connectivity index (χ4v) is 2.45. The van der Waals surface area contributed by atoms with Crippen molar-refractivity contribution in [1.29, 1.82) is 0 Å². The summed E-state index contributed by atoms with van der Waals surface area (Å²) in [6, 6.07) is 15.9. The van der Waals surface area contributed by atoms with E-state index in [0.717, 1.165) is 22.2 Å². The topological polar surface area (TPSA) is 60.4 Å². The lowest BCUT2D eigenvalue weighted by atomic mass is 10.2. The van der Waals surface area contributed by atoms with E-state index in [-0.39, 0.29) is 12.5 Å². The van der Waals surface area contributed by atoms with Crippen molar-refractivity contribution in [3.05, 3.63) is 65.9 Å². The molecule has 3 aromatic rings. The van der Waals surface area contributed by atoms with Crippen LogP contribution >= 0.6 is 0 Å². The Labute approximate surface area is 128 Å². The molecule has 0 saturated carbocycles. The number of nitrogens with two attached hydrogens (primary N) is 1. The Bertz CT molecular complexity index is 844. The average Bonchev–Trinajstić information content (AvgIpc) is 2.84. The lowest BCUT2D eigenvalue weighted by Gasteiger charge is -2.00. The van der Waals surface area contributed by atoms with Crippen LogP contribution in [0.2, 0.25) is 0 Å². The van der Waals surface area contributed by atoms with E-state index in [1.54, 1.807) is 0 Å². The van der Waals surface area contributed by atoms with Gasteiger partial charge in [0.25, 0.3) is 0 Å². The Balaban J connectivity index is 1.99. The zero-order valence-electron chi connectivity index (χ0n) is 12.4. The summed E-state index contributed by atoms with van der Waals surface area (Å²) in [6.07, 6.45) is 3.73. The second-order valence-corrected chi connectivity index (χ2v) is 5.29. The van der Waals surface area contributed by atoms with Gasteiger partial charge in [-0.05, 0) is 25.1 Å². The van der Waals surface area contributed by atoms with Gasteiger partial charge in [0.2, 0.25) is 5.91 Å². The Morgan fingerprint density at radius 1 is 1.18 bits per heavy atom. The number of rotatable bonds is 4. The minimum atomic E-state index is -0.359. The number of nitrogens with zero attached hydrogens (tertiary/aromatic N) is 2. The van der Waals surface area contributed by atoms with Gasteiger partial charge in [0.15, 0.2) is 0 Å². The van der Waals surface area contributed by atoms with Crippen molar-refractivity contribution in [3.63, 3.8) is 0 Å². The number of carbonyl (C=O) groups is 1. The standard InChI is InChI=1S/C18H17N3O/c1-13-6-8-15(9-7-13)20-10-14-11-21(12-18(19)22)17-5-3-2-4-16(14)17/h2-11H,12H2,1H3,(H2,19,22). The van der Waals surface area contributed by atoms with Crippen molar-refractivity contribution in [2.45, 2.75) is 13.5 Å². The van der Waals surface area contributed by atoms with Crippen molar-refractivity contribution < 1.29 is 4.79 Å². The Hall–Kier alpha value is -2.88. The fraction of sp³-hybridized carbons (Fsp3) is 0.111. The molecule has 0 atom stereocenters. The smallest absolute Gasteiger partial charge is 0.237 e. The van der Waals surface area contributed by atoms with E-state index in [1.165, 1.54) is 5.56 Å². The number of hydrogen-bond acceptors (Lipinski definition) is 2. The number of para-hydroxylation sites is 1. The number of amides is 1. The van der Waals surface area contributed by atoms with Gasteiger partial charge in [0.05, 0.1) is 5.69 Å². The fourth-order valence-electron chi connectivity index (χ4n) is 2.45. The Morgan fingerprint density at radius 2 is 1.91 bits per heavy atom. The SMILES string of the molecule is Cc1ccc(N=Cc2cn(CC(N)=O)c3ccccc23)cc1. The summed E-state index contributed by atoms with van der Waals surface area (Å²) >= 11 is 0. The summed E-state index contributed by atoms with van der Waals surface area (Å²) in [5.41, 5.74) is 9.36. The van der Waals surface area contributed by atoms with Gasteiger partial charge in [0.1, 0.15) is 6.54 Å². The van der Waals surface area contributed by atoms with E-state index < -0.39 is 0 Å². The van der Waals surface area contributed by atoms with Crippen LogP contribution in [0.4, 0.5) is 5.69 Å². The third-order valence-corrected chi connectivity index (χ3v) is 3.53. The first-order valence-corrected chi connectivity index (χ1v) is 7.10. The summed E-state index contributed by atoms with van der Waals surface area (Å²) in [4.78, 5) is 15.7. The van der Waals surface area contributed by atoms with Crippen molar-refractivity contribution in [3.8, 4) is 0 Å². The quantitative estimate of drug-likeness (QED) is 0.737. The van der Waals surface area contributed by atoms with E-state index in [4.69, 9.17) is 5.73 Å². The molecular weight excluding hydrogens is 274 g/mol. The molecule has 110 valence electrons. The molecular formula is C18H17N3O. The molecule has 0 bridgehead atoms. The molecule has 3 rings (SSSR count). The number of aromatic nitrogens is 1. The maximum absolute atomic E-state index is 11.2. The highest BCUT2D eigenvalue weighted by Gasteiger charge is 2.07. The van der Waals surface area contributed by atoms with Crippen LogP contribution in [0.15, 0.2) is 59.7 Å². The van der Waals surface area contributed by atoms with E-state index in [0.29, 0.717) is 0 Å². The molecule has 0 aliphatic carbocycles. The summed E-state index contributed by atoms with van der Waals surface area (Å²) in [5.74, 6) is -0.359. The lowest BCUT2D eigenvalue weighted by molar-refractivity contribution is -0.118. The minimum Gasteiger partial charge on any atom is -0.368 e. The first-order chi connectivity index (χ1) is 10.6. The van der Waals surface area contributed by atoms with Crippen LogP contribution in [-0.4, -0.2) is 16.7 Å². The van der Waals surface area contributed by atoms with Gasteiger partial charge >= 0.3 is 0 Å². The normalized spacial score (nSPS) is 11.3. The highest BCUT2D eigenvalue weighted by atomic mass is 16.1. The Kier molecular flexibility index (Phi) is 3.74. The zero-order valence-corrected chi connectivity index (χ0v) is 12.4. The van der Waals surface area contributed by atoms with E-state index in [1.807, 2.05) is 72.4 Å². The van der Waals surface area contributed by atoms with Crippen LogP contribution in [0.25, 0.3) is 10.9 Å². The van der Waals surface area contributed by atoms with Crippen molar-refractivity contribution in [2.75, 3.05) is 0 Å². The second-order valence-electron chi connectivity index (χ2n) is 5.29. The van der Waals surface area contributed by atoms with Crippen molar-refractivity contribution in [1.82, 2.24) is 4.57 Å². The largest absolute Gasteiger partial charge is 0.368 e. The van der Waals surface area contributed by atoms with Gasteiger partial charge < -0.3 is 10.3 Å². The summed E-state index contributed by atoms with van der Waals surface area (Å²) in [7, 11) is 0. The van der Waals surface area contributed by atoms with Crippen LogP contribution in [-0.2, 0) is 11.3 Å². The van der Waals surface area contributed by atoms with Crippen LogP contribution < -0.4 is 5.73 Å². The van der Waals surface area contributed by atoms with Crippen molar-refractivity contribution in [2.24, 2.45) is 10.7 Å². The van der Waals surface area contributed by atoms with E-state index in [2.05, 4.69) is 4.99 Å². The third-order valence-electron chi connectivity index (χ3n) is 3.53. The molecule has 0 aliphatic heterocycles. The van der Waals surface area contributed by atoms with Gasteiger partial charge in [-0.3, -0.25) is 9.79 Å². The predicted molar refractivity (Wildman–Crippen MR) is 89.6 cm³/mol. The molecule has 0 radical (unpaired) electrons. The summed E-state index contributed by atoms with van der Waals surface area (Å²) < 4.78 is 1.86. The summed E-state index contributed by atoms with van der Waals surface area (Å²) in [5, 5.41) is 1.06. The lowest BCUT2D eigenvalue weighted by Crippen LogP contribution is -2.17. The monoisotopic (exact) mass is 291 g/mol. The maximum atomic E-state index is 11.2. The number of aryl methyl sites for hydroxylation is 1. The zero-order chi connectivity index (χ0) is 15.5. The molecule has 0 aliphatic rings. The van der Waals surface area contributed by atoms with E-state index >= 15 is 0 Å². The van der Waals surface area contributed by atoms with Gasteiger partial charge in [0, 0.05) is 28.9 Å². The molecule has 1 amide bonds. The first kappa shape index (κ1) is 14.1. The summed E-state index contributed by atoms with van der Waals surface area (Å²) in [6.45, 7) is 2.21. The molecule has 0 spiro atoms. The molecule has 0 unspecified atom stereocenters. The Morgan fingerprint density at radius 3 is 2.64 bits per heavy atom. The highest BCUT2D eigenvalue weighted by molar-refractivity contribution is 6.00. The molecule has 4 nitrogen and oxygen atoms in total. The average molecular weight is 291 g/mol. The van der Waals surface area contributed by atoms with Crippen LogP contribution in [0.1, 0.15) is 11.1 Å². The number of benzene rings is 2. The van der Waals surface area contributed by atoms with Crippen molar-refractivity contribution >= 4 is 28.7 Å². The molecule has 2 N–H and O–H groups in total. The first-order valence-electron chi connectivity index (χ1n) is 7.10. The second kappa shape index (κ2) is 5.85. The van der Waals surface area contributed by atoms with Gasteiger partial charge in [-0.1, -0.05) is 35.9 Å². The number of primary amides is 1. The van der Waals surface area contributed by atoms with Crippen LogP contribution in [0.5, 0.6) is 0 Å². The maximum Gasteiger partial charge on any atom is 0.237 e. The molecule has 0 saturated heterocycles. The van der Waals surface area contributed by atoms with Gasteiger partial charge in [-0.2, -0.15) is 0 Å². The van der Waals surface area contributed by atoms with Crippen LogP contribution in [0, 0.1) is 6.92 Å². The van der Waals surface area contributed by atoms with E-state index in [9.17, 15) is 4.79 Å².